The molecule has 9 heteroatoms. The van der Waals surface area contributed by atoms with Crippen LogP contribution in [0.5, 0.6) is 11.5 Å². The predicted octanol–water partition coefficient (Wildman–Crippen LogP) is 4.42. The zero-order valence-electron chi connectivity index (χ0n) is 17.8. The van der Waals surface area contributed by atoms with Crippen molar-refractivity contribution >= 4 is 40.3 Å². The van der Waals surface area contributed by atoms with Crippen LogP contribution in [-0.4, -0.2) is 35.2 Å². The molecule has 2 aromatic rings. The van der Waals surface area contributed by atoms with Gasteiger partial charge in [0.1, 0.15) is 30.1 Å². The first-order valence-electron chi connectivity index (χ1n) is 9.69. The number of halogens is 1. The summed E-state index contributed by atoms with van der Waals surface area (Å²) >= 11 is 7.67. The highest BCUT2D eigenvalue weighted by Crippen LogP contribution is 2.40. The molecule has 0 fully saturated rings. The summed E-state index contributed by atoms with van der Waals surface area (Å²) in [6.45, 7) is 7.62. The van der Waals surface area contributed by atoms with E-state index in [9.17, 15) is 9.59 Å². The summed E-state index contributed by atoms with van der Waals surface area (Å²) in [6.07, 6.45) is 0. The quantitative estimate of drug-likeness (QED) is 0.644. The summed E-state index contributed by atoms with van der Waals surface area (Å²) in [5.74, 6) is 0.832. The van der Waals surface area contributed by atoms with Gasteiger partial charge >= 0.3 is 0 Å². The second-order valence-electron chi connectivity index (χ2n) is 7.05. The molecule has 1 aliphatic heterocycles. The van der Waals surface area contributed by atoms with E-state index in [1.54, 1.807) is 12.1 Å². The molecule has 1 N–H and O–H groups in total. The zero-order valence-corrected chi connectivity index (χ0v) is 19.3. The first-order valence-corrected chi connectivity index (χ1v) is 11.0. The van der Waals surface area contributed by atoms with Crippen LogP contribution < -0.4 is 14.8 Å². The van der Waals surface area contributed by atoms with Crippen molar-refractivity contribution in [3.05, 3.63) is 58.1 Å². The van der Waals surface area contributed by atoms with Crippen LogP contribution in [0.25, 0.3) is 0 Å². The average Bonchev–Trinajstić information content (AvgIpc) is 3.12. The Morgan fingerprint density at radius 2 is 1.84 bits per heavy atom. The van der Waals surface area contributed by atoms with E-state index < -0.39 is 5.37 Å². The van der Waals surface area contributed by atoms with Crippen molar-refractivity contribution in [2.75, 3.05) is 13.2 Å². The van der Waals surface area contributed by atoms with Gasteiger partial charge in [0, 0.05) is 13.8 Å². The molecule has 0 unspecified atom stereocenters. The highest BCUT2D eigenvalue weighted by Gasteiger charge is 2.32. The number of hydrazone groups is 1. The van der Waals surface area contributed by atoms with Crippen molar-refractivity contribution in [3.63, 3.8) is 0 Å². The minimum Gasteiger partial charge on any atom is -0.490 e. The summed E-state index contributed by atoms with van der Waals surface area (Å²) in [5.41, 5.74) is 3.16. The molecule has 1 aliphatic rings. The van der Waals surface area contributed by atoms with Gasteiger partial charge in [-0.05, 0) is 54.8 Å². The van der Waals surface area contributed by atoms with E-state index in [2.05, 4.69) is 17.3 Å². The number of hydrogen-bond donors (Lipinski definition) is 1. The fourth-order valence-corrected chi connectivity index (χ4v) is 4.25. The Morgan fingerprint density at radius 1 is 1.10 bits per heavy atom. The molecular formula is C22H24ClN3O4S. The molecule has 2 aromatic carbocycles. The monoisotopic (exact) mass is 461 g/mol. The maximum absolute atomic E-state index is 12.0. The molecule has 164 valence electrons. The number of amidine groups is 1. The number of ether oxygens (including phenoxy) is 2. The van der Waals surface area contributed by atoms with Gasteiger partial charge in [0.05, 0.1) is 5.02 Å². The third kappa shape index (κ3) is 5.92. The zero-order chi connectivity index (χ0) is 22.5. The first kappa shape index (κ1) is 23.0. The molecule has 0 spiro atoms. The lowest BCUT2D eigenvalue weighted by Gasteiger charge is -2.20. The Hall–Kier alpha value is -2.71. The van der Waals surface area contributed by atoms with Crippen LogP contribution >= 0.6 is 23.4 Å². The van der Waals surface area contributed by atoms with Crippen LogP contribution in [0.3, 0.4) is 0 Å². The van der Waals surface area contributed by atoms with E-state index >= 15 is 0 Å². The smallest absolute Gasteiger partial charge is 0.241 e. The predicted molar refractivity (Wildman–Crippen MR) is 122 cm³/mol. The number of nitrogens with zero attached hydrogens (tertiary/aromatic N) is 2. The Bertz CT molecular complexity index is 1030. The van der Waals surface area contributed by atoms with Gasteiger partial charge in [-0.15, -0.1) is 5.10 Å². The summed E-state index contributed by atoms with van der Waals surface area (Å²) in [5, 5.41) is 8.48. The first-order chi connectivity index (χ1) is 14.7. The Morgan fingerprint density at radius 3 is 2.48 bits per heavy atom. The number of amides is 2. The molecule has 7 nitrogen and oxygen atoms in total. The van der Waals surface area contributed by atoms with E-state index in [0.29, 0.717) is 29.2 Å². The van der Waals surface area contributed by atoms with Crippen molar-refractivity contribution in [3.8, 4) is 11.5 Å². The molecule has 0 bridgehead atoms. The van der Waals surface area contributed by atoms with Crippen LogP contribution in [0.4, 0.5) is 0 Å². The number of carbonyl (C=O) groups excluding carboxylic acids is 2. The van der Waals surface area contributed by atoms with Gasteiger partial charge in [-0.1, -0.05) is 35.5 Å². The van der Waals surface area contributed by atoms with Crippen molar-refractivity contribution in [1.29, 1.82) is 0 Å². The van der Waals surface area contributed by atoms with E-state index in [-0.39, 0.29) is 11.8 Å². The Balaban J connectivity index is 1.60. The summed E-state index contributed by atoms with van der Waals surface area (Å²) < 4.78 is 11.5. The largest absolute Gasteiger partial charge is 0.490 e. The van der Waals surface area contributed by atoms with Crippen LogP contribution in [0.1, 0.15) is 35.9 Å². The Kier molecular flexibility index (Phi) is 7.46. The molecule has 2 amide bonds. The fourth-order valence-electron chi connectivity index (χ4n) is 2.88. The SMILES string of the molecule is CC(=O)NC1=NN(C(C)=O)[C@H](c2ccc(OCCOc3ccc(C)c(C)c3)c(Cl)c2)S1. The molecule has 31 heavy (non-hydrogen) atoms. The molecule has 0 aliphatic carbocycles. The van der Waals surface area contributed by atoms with E-state index in [1.807, 2.05) is 31.2 Å². The molecule has 1 heterocycles. The Labute approximate surface area is 190 Å². The summed E-state index contributed by atoms with van der Waals surface area (Å²) in [4.78, 5) is 23.3. The van der Waals surface area contributed by atoms with Crippen molar-refractivity contribution in [1.82, 2.24) is 10.3 Å². The van der Waals surface area contributed by atoms with E-state index in [0.717, 1.165) is 11.3 Å². The normalized spacial score (nSPS) is 15.5. The minimum absolute atomic E-state index is 0.238. The number of thioether (sulfide) groups is 1. The lowest BCUT2D eigenvalue weighted by molar-refractivity contribution is -0.129. The third-order valence-electron chi connectivity index (χ3n) is 4.58. The molecule has 0 saturated carbocycles. The van der Waals surface area contributed by atoms with Gasteiger partial charge in [0.2, 0.25) is 11.8 Å². The van der Waals surface area contributed by atoms with Gasteiger partial charge in [-0.25, -0.2) is 5.01 Å². The van der Waals surface area contributed by atoms with E-state index in [4.69, 9.17) is 21.1 Å². The van der Waals surface area contributed by atoms with E-state index in [1.165, 1.54) is 41.7 Å². The topological polar surface area (TPSA) is 80.2 Å². The number of benzene rings is 2. The van der Waals surface area contributed by atoms with Crippen LogP contribution in [0.2, 0.25) is 5.02 Å². The third-order valence-corrected chi connectivity index (χ3v) is 5.98. The molecule has 0 saturated heterocycles. The average molecular weight is 462 g/mol. The van der Waals surface area contributed by atoms with Crippen LogP contribution in [-0.2, 0) is 9.59 Å². The van der Waals surface area contributed by atoms with Crippen LogP contribution in [0, 0.1) is 13.8 Å². The fraction of sp³-hybridized carbons (Fsp3) is 0.318. The molecular weight excluding hydrogens is 438 g/mol. The van der Waals surface area contributed by atoms with Crippen molar-refractivity contribution in [2.24, 2.45) is 5.10 Å². The standard InChI is InChI=1S/C22H24ClN3O4S/c1-13-5-7-18(11-14(13)2)29-9-10-30-20-8-6-17(12-19(20)23)21-26(16(4)28)25-22(31-21)24-15(3)27/h5-8,11-12,21H,9-10H2,1-4H3,(H,24,25,27)/t21-/m0/s1. The number of hydrogen-bond acceptors (Lipinski definition) is 6. The highest BCUT2D eigenvalue weighted by atomic mass is 35.5. The van der Waals surface area contributed by atoms with Crippen molar-refractivity contribution in [2.45, 2.75) is 33.1 Å². The second kappa shape index (κ2) is 10.1. The molecule has 0 aromatic heterocycles. The van der Waals surface area contributed by atoms with Gasteiger partial charge in [0.15, 0.2) is 5.17 Å². The number of carbonyl (C=O) groups is 2. The van der Waals surface area contributed by atoms with Gasteiger partial charge < -0.3 is 14.8 Å². The lowest BCUT2D eigenvalue weighted by atomic mass is 10.1. The molecule has 1 atom stereocenters. The van der Waals surface area contributed by atoms with Gasteiger partial charge in [0.25, 0.3) is 0 Å². The summed E-state index contributed by atoms with van der Waals surface area (Å²) in [7, 11) is 0. The molecule has 3 rings (SSSR count). The summed E-state index contributed by atoms with van der Waals surface area (Å²) in [6, 6.07) is 11.3. The van der Waals surface area contributed by atoms with Crippen LogP contribution in [0.15, 0.2) is 41.5 Å². The highest BCUT2D eigenvalue weighted by molar-refractivity contribution is 8.14. The number of nitrogens with one attached hydrogen (secondary N) is 1. The van der Waals surface area contributed by atoms with Gasteiger partial charge in [-0.3, -0.25) is 9.59 Å². The number of aryl methyl sites for hydroxylation is 2. The lowest BCUT2D eigenvalue weighted by Crippen LogP contribution is -2.25. The number of rotatable bonds is 6. The maximum atomic E-state index is 12.0. The minimum atomic E-state index is -0.418. The van der Waals surface area contributed by atoms with Crippen molar-refractivity contribution < 1.29 is 19.1 Å². The molecule has 0 radical (unpaired) electrons. The van der Waals surface area contributed by atoms with Gasteiger partial charge in [-0.2, -0.15) is 0 Å². The maximum Gasteiger partial charge on any atom is 0.241 e. The second-order valence-corrected chi connectivity index (χ2v) is 8.53.